The first-order chi connectivity index (χ1) is 9.25. The van der Waals surface area contributed by atoms with Crippen molar-refractivity contribution in [2.24, 2.45) is 0 Å². The molecule has 1 aliphatic rings. The van der Waals surface area contributed by atoms with Crippen LogP contribution in [0.3, 0.4) is 0 Å². The summed E-state index contributed by atoms with van der Waals surface area (Å²) >= 11 is 0. The maximum absolute atomic E-state index is 11.9. The second-order valence-electron chi connectivity index (χ2n) is 5.38. The molecule has 104 valence electrons. The van der Waals surface area contributed by atoms with E-state index >= 15 is 0 Å². The molecule has 1 aliphatic heterocycles. The van der Waals surface area contributed by atoms with Gasteiger partial charge in [-0.3, -0.25) is 4.79 Å². The number of nitrogens with one attached hydrogen (secondary N) is 1. The van der Waals surface area contributed by atoms with Crippen molar-refractivity contribution in [2.75, 3.05) is 26.2 Å². The summed E-state index contributed by atoms with van der Waals surface area (Å²) in [4.78, 5) is 14.4. The molecule has 1 amide bonds. The molecule has 1 fully saturated rings. The molecule has 1 N–H and O–H groups in total. The molecule has 1 heterocycles. The summed E-state index contributed by atoms with van der Waals surface area (Å²) in [7, 11) is 0. The molecule has 0 spiro atoms. The standard InChI is InChI=1S/C16H24N2O/c1-14-7-6-8-15(13-14)16(19)17-9-2-3-10-18-11-4-5-12-18/h6-8,13H,2-5,9-12H2,1H3,(H,17,19). The summed E-state index contributed by atoms with van der Waals surface area (Å²) in [6.07, 6.45) is 4.94. The van der Waals surface area contributed by atoms with E-state index in [-0.39, 0.29) is 5.91 Å². The number of unbranched alkanes of at least 4 members (excludes halogenated alkanes) is 1. The molecule has 0 unspecified atom stereocenters. The Hall–Kier alpha value is -1.35. The van der Waals surface area contributed by atoms with Crippen LogP contribution in [-0.4, -0.2) is 37.0 Å². The van der Waals surface area contributed by atoms with E-state index in [1.54, 1.807) is 0 Å². The molecule has 2 rings (SSSR count). The highest BCUT2D eigenvalue weighted by atomic mass is 16.1. The summed E-state index contributed by atoms with van der Waals surface area (Å²) in [5, 5.41) is 2.99. The third-order valence-electron chi connectivity index (χ3n) is 3.67. The number of aryl methyl sites for hydroxylation is 1. The minimum absolute atomic E-state index is 0.0462. The van der Waals surface area contributed by atoms with Gasteiger partial charge < -0.3 is 10.2 Å². The van der Waals surface area contributed by atoms with Gasteiger partial charge in [0.1, 0.15) is 0 Å². The first kappa shape index (κ1) is 14.1. The lowest BCUT2D eigenvalue weighted by atomic mass is 10.1. The van der Waals surface area contributed by atoms with Gasteiger partial charge in [-0.1, -0.05) is 17.7 Å². The Kier molecular flexibility index (Phi) is 5.40. The average Bonchev–Trinajstić information content (AvgIpc) is 2.91. The van der Waals surface area contributed by atoms with Gasteiger partial charge in [0.05, 0.1) is 0 Å². The summed E-state index contributed by atoms with van der Waals surface area (Å²) in [5.41, 5.74) is 1.89. The molecule has 0 saturated carbocycles. The van der Waals surface area contributed by atoms with Gasteiger partial charge in [0, 0.05) is 12.1 Å². The molecule has 1 aromatic rings. The van der Waals surface area contributed by atoms with Gasteiger partial charge in [-0.15, -0.1) is 0 Å². The first-order valence-electron chi connectivity index (χ1n) is 7.33. The Morgan fingerprint density at radius 1 is 1.26 bits per heavy atom. The lowest BCUT2D eigenvalue weighted by Gasteiger charge is -2.14. The van der Waals surface area contributed by atoms with Crippen LogP contribution in [0.1, 0.15) is 41.6 Å². The van der Waals surface area contributed by atoms with Gasteiger partial charge in [0.2, 0.25) is 0 Å². The van der Waals surface area contributed by atoms with Crippen LogP contribution in [0, 0.1) is 6.92 Å². The predicted octanol–water partition coefficient (Wildman–Crippen LogP) is 2.60. The molecule has 3 nitrogen and oxygen atoms in total. The van der Waals surface area contributed by atoms with Crippen LogP contribution in [0.2, 0.25) is 0 Å². The molecular formula is C16H24N2O. The fourth-order valence-electron chi connectivity index (χ4n) is 2.56. The van der Waals surface area contributed by atoms with Crippen LogP contribution in [0.15, 0.2) is 24.3 Å². The summed E-state index contributed by atoms with van der Waals surface area (Å²) in [6.45, 7) is 6.49. The fourth-order valence-corrected chi connectivity index (χ4v) is 2.56. The van der Waals surface area contributed by atoms with E-state index in [2.05, 4.69) is 10.2 Å². The van der Waals surface area contributed by atoms with Crippen LogP contribution in [0.4, 0.5) is 0 Å². The van der Waals surface area contributed by atoms with Gasteiger partial charge >= 0.3 is 0 Å². The third-order valence-corrected chi connectivity index (χ3v) is 3.67. The molecule has 0 bridgehead atoms. The van der Waals surface area contributed by atoms with Gasteiger partial charge in [0.25, 0.3) is 5.91 Å². The second-order valence-corrected chi connectivity index (χ2v) is 5.38. The number of amides is 1. The Balaban J connectivity index is 1.61. The average molecular weight is 260 g/mol. The Morgan fingerprint density at radius 3 is 2.79 bits per heavy atom. The second kappa shape index (κ2) is 7.29. The molecule has 1 aromatic carbocycles. The Bertz CT molecular complexity index is 411. The van der Waals surface area contributed by atoms with Crippen LogP contribution in [0.25, 0.3) is 0 Å². The van der Waals surface area contributed by atoms with Crippen molar-refractivity contribution in [3.63, 3.8) is 0 Å². The zero-order valence-corrected chi connectivity index (χ0v) is 11.8. The fraction of sp³-hybridized carbons (Fsp3) is 0.562. The molecule has 3 heteroatoms. The van der Waals surface area contributed by atoms with Gasteiger partial charge in [-0.25, -0.2) is 0 Å². The number of hydrogen-bond acceptors (Lipinski definition) is 2. The van der Waals surface area contributed by atoms with Crippen molar-refractivity contribution >= 4 is 5.91 Å². The maximum atomic E-state index is 11.9. The van der Waals surface area contributed by atoms with Crippen molar-refractivity contribution in [3.8, 4) is 0 Å². The van der Waals surface area contributed by atoms with Gasteiger partial charge in [-0.05, 0) is 64.4 Å². The van der Waals surface area contributed by atoms with Crippen molar-refractivity contribution < 1.29 is 4.79 Å². The molecule has 19 heavy (non-hydrogen) atoms. The number of carbonyl (C=O) groups excluding carboxylic acids is 1. The quantitative estimate of drug-likeness (QED) is 0.797. The highest BCUT2D eigenvalue weighted by Gasteiger charge is 2.10. The molecule has 0 radical (unpaired) electrons. The molecule has 0 aliphatic carbocycles. The van der Waals surface area contributed by atoms with E-state index in [0.29, 0.717) is 0 Å². The van der Waals surface area contributed by atoms with Gasteiger partial charge in [0.15, 0.2) is 0 Å². The number of carbonyl (C=O) groups is 1. The van der Waals surface area contributed by atoms with E-state index in [1.165, 1.54) is 38.9 Å². The smallest absolute Gasteiger partial charge is 0.251 e. The molecular weight excluding hydrogens is 236 g/mol. The molecule has 0 atom stereocenters. The van der Waals surface area contributed by atoms with Crippen molar-refractivity contribution in [2.45, 2.75) is 32.6 Å². The zero-order valence-electron chi connectivity index (χ0n) is 11.8. The van der Waals surface area contributed by atoms with Crippen molar-refractivity contribution in [1.82, 2.24) is 10.2 Å². The number of nitrogens with zero attached hydrogens (tertiary/aromatic N) is 1. The highest BCUT2D eigenvalue weighted by Crippen LogP contribution is 2.08. The molecule has 0 aromatic heterocycles. The topological polar surface area (TPSA) is 32.3 Å². The zero-order chi connectivity index (χ0) is 13.5. The number of benzene rings is 1. The number of rotatable bonds is 6. The number of likely N-dealkylation sites (tertiary alicyclic amines) is 1. The van der Waals surface area contributed by atoms with Crippen molar-refractivity contribution in [1.29, 1.82) is 0 Å². The monoisotopic (exact) mass is 260 g/mol. The summed E-state index contributed by atoms with van der Waals surface area (Å²) in [6, 6.07) is 7.73. The highest BCUT2D eigenvalue weighted by molar-refractivity contribution is 5.94. The summed E-state index contributed by atoms with van der Waals surface area (Å²) < 4.78 is 0. The van der Waals surface area contributed by atoms with Crippen LogP contribution < -0.4 is 5.32 Å². The van der Waals surface area contributed by atoms with Crippen LogP contribution in [0.5, 0.6) is 0 Å². The summed E-state index contributed by atoms with van der Waals surface area (Å²) in [5.74, 6) is 0.0462. The van der Waals surface area contributed by atoms with E-state index in [0.717, 1.165) is 24.1 Å². The minimum Gasteiger partial charge on any atom is -0.352 e. The number of hydrogen-bond donors (Lipinski definition) is 1. The predicted molar refractivity (Wildman–Crippen MR) is 78.4 cm³/mol. The van der Waals surface area contributed by atoms with Gasteiger partial charge in [-0.2, -0.15) is 0 Å². The maximum Gasteiger partial charge on any atom is 0.251 e. The Labute approximate surface area is 116 Å². The van der Waals surface area contributed by atoms with E-state index in [9.17, 15) is 4.79 Å². The lowest BCUT2D eigenvalue weighted by Crippen LogP contribution is -2.26. The normalized spacial score (nSPS) is 15.6. The first-order valence-corrected chi connectivity index (χ1v) is 7.33. The van der Waals surface area contributed by atoms with E-state index in [1.807, 2.05) is 31.2 Å². The van der Waals surface area contributed by atoms with E-state index < -0.39 is 0 Å². The lowest BCUT2D eigenvalue weighted by molar-refractivity contribution is 0.0952. The SMILES string of the molecule is Cc1cccc(C(=O)NCCCCN2CCCC2)c1. The minimum atomic E-state index is 0.0462. The van der Waals surface area contributed by atoms with E-state index in [4.69, 9.17) is 0 Å². The third kappa shape index (κ3) is 4.67. The van der Waals surface area contributed by atoms with Crippen LogP contribution >= 0.6 is 0 Å². The van der Waals surface area contributed by atoms with Crippen molar-refractivity contribution in [3.05, 3.63) is 35.4 Å². The van der Waals surface area contributed by atoms with Crippen LogP contribution in [-0.2, 0) is 0 Å². The largest absolute Gasteiger partial charge is 0.352 e. The Morgan fingerprint density at radius 2 is 2.05 bits per heavy atom. The molecule has 1 saturated heterocycles.